The molecule has 0 saturated heterocycles. The summed E-state index contributed by atoms with van der Waals surface area (Å²) in [6.45, 7) is 1.15. The van der Waals surface area contributed by atoms with Gasteiger partial charge in [-0.3, -0.25) is 24.5 Å². The second kappa shape index (κ2) is 3.58. The van der Waals surface area contributed by atoms with Crippen LogP contribution >= 0.6 is 0 Å². The van der Waals surface area contributed by atoms with Crippen molar-refractivity contribution in [2.75, 3.05) is 0 Å². The fraction of sp³-hybridized carbons (Fsp3) is 0.182. The zero-order valence-electron chi connectivity index (χ0n) is 8.80. The Morgan fingerprint density at radius 1 is 1.24 bits per heavy atom. The highest BCUT2D eigenvalue weighted by molar-refractivity contribution is 6.35. The number of hydrogen-bond donors (Lipinski definition) is 0. The van der Waals surface area contributed by atoms with Crippen molar-refractivity contribution in [3.8, 4) is 0 Å². The van der Waals surface area contributed by atoms with E-state index >= 15 is 0 Å². The Morgan fingerprint density at radius 3 is 2.35 bits per heavy atom. The third kappa shape index (κ3) is 1.54. The predicted molar refractivity (Wildman–Crippen MR) is 55.9 cm³/mol. The number of non-ortho nitro benzene ring substituents is 1. The maximum atomic E-state index is 11.8. The van der Waals surface area contributed by atoms with Gasteiger partial charge < -0.3 is 0 Å². The van der Waals surface area contributed by atoms with Crippen LogP contribution in [-0.4, -0.2) is 22.3 Å². The summed E-state index contributed by atoms with van der Waals surface area (Å²) in [7, 11) is 0. The molecule has 0 N–H and O–H groups in total. The minimum absolute atomic E-state index is 0.0376. The van der Waals surface area contributed by atoms with Crippen molar-refractivity contribution < 1.29 is 19.3 Å². The van der Waals surface area contributed by atoms with Crippen LogP contribution in [0.4, 0.5) is 5.69 Å². The average molecular weight is 233 g/mol. The quantitative estimate of drug-likeness (QED) is 0.434. The first-order valence-electron chi connectivity index (χ1n) is 4.81. The van der Waals surface area contributed by atoms with E-state index < -0.39 is 28.2 Å². The van der Waals surface area contributed by atoms with Crippen LogP contribution in [0.2, 0.25) is 0 Å². The molecule has 0 amide bonds. The van der Waals surface area contributed by atoms with Crippen molar-refractivity contribution in [1.82, 2.24) is 0 Å². The topological polar surface area (TPSA) is 94.3 Å². The van der Waals surface area contributed by atoms with E-state index in [2.05, 4.69) is 0 Å². The van der Waals surface area contributed by atoms with Gasteiger partial charge in [-0.25, -0.2) is 0 Å². The molecule has 0 fully saturated rings. The summed E-state index contributed by atoms with van der Waals surface area (Å²) in [5.41, 5.74) is -0.223. The number of fused-ring (bicyclic) bond motifs is 1. The van der Waals surface area contributed by atoms with Crippen molar-refractivity contribution >= 4 is 23.0 Å². The summed E-state index contributed by atoms with van der Waals surface area (Å²) in [5.74, 6) is -3.10. The third-order valence-electron chi connectivity index (χ3n) is 2.68. The van der Waals surface area contributed by atoms with Gasteiger partial charge in [0.2, 0.25) is 0 Å². The monoisotopic (exact) mass is 233 g/mol. The van der Waals surface area contributed by atoms with Gasteiger partial charge in [0.05, 0.1) is 4.92 Å². The van der Waals surface area contributed by atoms with Crippen LogP contribution in [0.5, 0.6) is 0 Å². The van der Waals surface area contributed by atoms with E-state index in [9.17, 15) is 24.5 Å². The molecule has 6 heteroatoms. The molecule has 17 heavy (non-hydrogen) atoms. The Morgan fingerprint density at radius 2 is 1.82 bits per heavy atom. The normalized spacial score (nSPS) is 18.1. The predicted octanol–water partition coefficient (Wildman–Crippen LogP) is 1.18. The largest absolute Gasteiger partial charge is 0.299 e. The van der Waals surface area contributed by atoms with Crippen LogP contribution in [0.1, 0.15) is 27.6 Å². The van der Waals surface area contributed by atoms with Gasteiger partial charge in [0, 0.05) is 23.3 Å². The number of carbonyl (C=O) groups excluding carboxylic acids is 3. The van der Waals surface area contributed by atoms with Crippen LogP contribution in [0, 0.1) is 16.0 Å². The second-order valence-corrected chi connectivity index (χ2v) is 3.76. The highest BCUT2D eigenvalue weighted by Crippen LogP contribution is 2.30. The van der Waals surface area contributed by atoms with Crippen LogP contribution in [0.15, 0.2) is 18.2 Å². The molecule has 0 aliphatic heterocycles. The molecule has 1 atom stereocenters. The van der Waals surface area contributed by atoms with Crippen molar-refractivity contribution in [2.24, 2.45) is 5.92 Å². The molecule has 1 unspecified atom stereocenters. The summed E-state index contributed by atoms with van der Waals surface area (Å²) in [6, 6.07) is 3.40. The highest BCUT2D eigenvalue weighted by Gasteiger charge is 2.42. The summed E-state index contributed by atoms with van der Waals surface area (Å²) in [4.78, 5) is 44.5. The lowest BCUT2D eigenvalue weighted by Gasteiger charge is -1.98. The highest BCUT2D eigenvalue weighted by atomic mass is 16.6. The molecule has 1 aliphatic carbocycles. The molecule has 0 saturated carbocycles. The minimum atomic E-state index is -1.33. The van der Waals surface area contributed by atoms with Gasteiger partial charge in [0.15, 0.2) is 11.6 Å². The first-order chi connectivity index (χ1) is 7.93. The lowest BCUT2D eigenvalue weighted by molar-refractivity contribution is -0.384. The summed E-state index contributed by atoms with van der Waals surface area (Å²) in [5, 5.41) is 10.5. The van der Waals surface area contributed by atoms with Crippen LogP contribution in [-0.2, 0) is 4.79 Å². The number of hydrogen-bond acceptors (Lipinski definition) is 5. The first kappa shape index (κ1) is 11.1. The maximum Gasteiger partial charge on any atom is 0.270 e. The summed E-state index contributed by atoms with van der Waals surface area (Å²) < 4.78 is 0. The van der Waals surface area contributed by atoms with Crippen molar-refractivity contribution in [3.63, 3.8) is 0 Å². The van der Waals surface area contributed by atoms with Gasteiger partial charge in [-0.1, -0.05) is 0 Å². The molecule has 1 aromatic carbocycles. The Balaban J connectivity index is 2.58. The molecular formula is C11H7NO5. The Bertz CT molecular complexity index is 575. The minimum Gasteiger partial charge on any atom is -0.299 e. The molecule has 6 nitrogen and oxygen atoms in total. The lowest BCUT2D eigenvalue weighted by Crippen LogP contribution is -2.22. The van der Waals surface area contributed by atoms with Gasteiger partial charge in [-0.15, -0.1) is 0 Å². The fourth-order valence-electron chi connectivity index (χ4n) is 1.86. The number of Topliss-reactive ketones (excluding diaryl/α,β-unsaturated/α-hetero) is 3. The number of carbonyl (C=O) groups is 3. The van der Waals surface area contributed by atoms with E-state index in [1.165, 1.54) is 6.07 Å². The van der Waals surface area contributed by atoms with Crippen LogP contribution in [0.3, 0.4) is 0 Å². The van der Waals surface area contributed by atoms with E-state index in [0.717, 1.165) is 19.1 Å². The molecule has 1 aliphatic rings. The Hall–Kier alpha value is -2.37. The molecule has 1 aromatic rings. The summed E-state index contributed by atoms with van der Waals surface area (Å²) in [6.07, 6.45) is 0. The number of rotatable bonds is 2. The van der Waals surface area contributed by atoms with Gasteiger partial charge in [-0.2, -0.15) is 0 Å². The van der Waals surface area contributed by atoms with Gasteiger partial charge in [0.25, 0.3) is 5.69 Å². The lowest BCUT2D eigenvalue weighted by atomic mass is 10.00. The van der Waals surface area contributed by atoms with Gasteiger partial charge >= 0.3 is 0 Å². The standard InChI is InChI=1S/C11H7NO5/c1-5(13)9-10(14)7-3-2-6(12(16)17)4-8(7)11(9)15/h2-4,9H,1H3. The zero-order valence-corrected chi connectivity index (χ0v) is 8.80. The van der Waals surface area contributed by atoms with Crippen LogP contribution in [0.25, 0.3) is 0 Å². The van der Waals surface area contributed by atoms with E-state index in [-0.39, 0.29) is 16.8 Å². The molecular weight excluding hydrogens is 226 g/mol. The molecule has 0 aromatic heterocycles. The van der Waals surface area contributed by atoms with Crippen LogP contribution < -0.4 is 0 Å². The maximum absolute atomic E-state index is 11.8. The zero-order chi connectivity index (χ0) is 12.7. The molecule has 0 spiro atoms. The summed E-state index contributed by atoms with van der Waals surface area (Å²) >= 11 is 0. The molecule has 86 valence electrons. The van der Waals surface area contributed by atoms with E-state index in [1.54, 1.807) is 0 Å². The molecule has 0 heterocycles. The van der Waals surface area contributed by atoms with Gasteiger partial charge in [0.1, 0.15) is 11.7 Å². The van der Waals surface area contributed by atoms with E-state index in [0.29, 0.717) is 0 Å². The molecule has 2 rings (SSSR count). The second-order valence-electron chi connectivity index (χ2n) is 3.76. The Labute approximate surface area is 95.4 Å². The number of nitro groups is 1. The molecule has 0 radical (unpaired) electrons. The fourth-order valence-corrected chi connectivity index (χ4v) is 1.86. The first-order valence-corrected chi connectivity index (χ1v) is 4.81. The average Bonchev–Trinajstić information content (AvgIpc) is 2.51. The number of nitrogens with zero attached hydrogens (tertiary/aromatic N) is 1. The SMILES string of the molecule is CC(=O)C1C(=O)c2ccc([N+](=O)[O-])cc2C1=O. The smallest absolute Gasteiger partial charge is 0.270 e. The number of nitro benzene ring substituents is 1. The van der Waals surface area contributed by atoms with E-state index in [1.807, 2.05) is 0 Å². The van der Waals surface area contributed by atoms with Crippen molar-refractivity contribution in [2.45, 2.75) is 6.92 Å². The number of benzene rings is 1. The Kier molecular flexibility index (Phi) is 2.35. The van der Waals surface area contributed by atoms with Gasteiger partial charge in [-0.05, 0) is 13.0 Å². The third-order valence-corrected chi connectivity index (χ3v) is 2.68. The van der Waals surface area contributed by atoms with Crippen molar-refractivity contribution in [1.29, 1.82) is 0 Å². The van der Waals surface area contributed by atoms with E-state index in [4.69, 9.17) is 0 Å². The van der Waals surface area contributed by atoms with Crippen molar-refractivity contribution in [3.05, 3.63) is 39.4 Å². The molecule has 0 bridgehead atoms. The number of ketones is 3.